The van der Waals surface area contributed by atoms with E-state index in [0.717, 1.165) is 28.0 Å². The Kier molecular flexibility index (Phi) is 4.11. The van der Waals surface area contributed by atoms with Gasteiger partial charge in [0.1, 0.15) is 11.6 Å². The van der Waals surface area contributed by atoms with Gasteiger partial charge in [-0.25, -0.2) is 4.39 Å². The maximum atomic E-state index is 13.3. The van der Waals surface area contributed by atoms with E-state index in [-0.39, 0.29) is 11.2 Å². The van der Waals surface area contributed by atoms with Crippen LogP contribution in [0.3, 0.4) is 0 Å². The first-order valence-electron chi connectivity index (χ1n) is 6.07. The molecule has 0 aliphatic carbocycles. The van der Waals surface area contributed by atoms with Crippen LogP contribution in [0.1, 0.15) is 27.6 Å². The Labute approximate surface area is 118 Å². The van der Waals surface area contributed by atoms with Gasteiger partial charge in [-0.05, 0) is 60.4 Å². The number of hydrogen-bond donors (Lipinski definition) is 0. The normalized spacial score (nSPS) is 12.3. The highest BCUT2D eigenvalue weighted by atomic mass is 35.5. The average Bonchev–Trinajstić information content (AvgIpc) is 2.37. The smallest absolute Gasteiger partial charge is 0.123 e. The summed E-state index contributed by atoms with van der Waals surface area (Å²) in [4.78, 5) is 0. The van der Waals surface area contributed by atoms with Crippen LogP contribution in [0.25, 0.3) is 0 Å². The summed E-state index contributed by atoms with van der Waals surface area (Å²) in [5.41, 5.74) is 3.62. The summed E-state index contributed by atoms with van der Waals surface area (Å²) in [5, 5.41) is -0.310. The van der Waals surface area contributed by atoms with E-state index in [1.807, 2.05) is 38.1 Å². The molecule has 0 radical (unpaired) electrons. The lowest BCUT2D eigenvalue weighted by atomic mass is 9.95. The molecule has 2 aromatic carbocycles. The van der Waals surface area contributed by atoms with Crippen LogP contribution in [0.15, 0.2) is 36.4 Å². The summed E-state index contributed by atoms with van der Waals surface area (Å²) in [6, 6.07) is 10.6. The molecular formula is C16H16ClFO. The van der Waals surface area contributed by atoms with Crippen LogP contribution in [0.5, 0.6) is 5.75 Å². The van der Waals surface area contributed by atoms with Gasteiger partial charge in [-0.2, -0.15) is 0 Å². The highest BCUT2D eigenvalue weighted by molar-refractivity contribution is 6.22. The molecule has 0 saturated heterocycles. The minimum Gasteiger partial charge on any atom is -0.497 e. The van der Waals surface area contributed by atoms with E-state index in [0.29, 0.717) is 0 Å². The second-order valence-electron chi connectivity index (χ2n) is 4.59. The van der Waals surface area contributed by atoms with Gasteiger partial charge in [-0.3, -0.25) is 0 Å². The molecule has 0 aliphatic rings. The van der Waals surface area contributed by atoms with Crippen LogP contribution in [0, 0.1) is 19.7 Å². The standard InChI is InChI=1S/C16H16ClFO/c1-10-7-13(18)8-11(2)15(10)16(17)12-5-4-6-14(9-12)19-3/h4-9,16H,1-3H3. The number of benzene rings is 2. The zero-order valence-electron chi connectivity index (χ0n) is 11.2. The van der Waals surface area contributed by atoms with E-state index in [2.05, 4.69) is 0 Å². The van der Waals surface area contributed by atoms with E-state index in [1.54, 1.807) is 7.11 Å². The minimum absolute atomic E-state index is 0.228. The molecule has 0 saturated carbocycles. The van der Waals surface area contributed by atoms with Crippen LogP contribution in [0.2, 0.25) is 0 Å². The Bertz CT molecular complexity index is 572. The van der Waals surface area contributed by atoms with E-state index in [9.17, 15) is 4.39 Å². The van der Waals surface area contributed by atoms with Gasteiger partial charge in [-0.15, -0.1) is 11.6 Å². The molecule has 0 N–H and O–H groups in total. The van der Waals surface area contributed by atoms with Crippen molar-refractivity contribution >= 4 is 11.6 Å². The lowest BCUT2D eigenvalue weighted by Crippen LogP contribution is -2.01. The molecule has 0 bridgehead atoms. The highest BCUT2D eigenvalue weighted by Gasteiger charge is 2.17. The number of methoxy groups -OCH3 is 1. The Hall–Kier alpha value is -1.54. The number of rotatable bonds is 3. The molecule has 0 fully saturated rings. The summed E-state index contributed by atoms with van der Waals surface area (Å²) in [6.07, 6.45) is 0. The third-order valence-corrected chi connectivity index (χ3v) is 3.67. The third-order valence-electron chi connectivity index (χ3n) is 3.20. The fourth-order valence-corrected chi connectivity index (χ4v) is 2.77. The molecule has 0 heterocycles. The zero-order valence-corrected chi connectivity index (χ0v) is 12.0. The first-order chi connectivity index (χ1) is 9.02. The molecule has 1 atom stereocenters. The number of ether oxygens (including phenoxy) is 1. The molecule has 1 nitrogen and oxygen atoms in total. The van der Waals surface area contributed by atoms with Crippen LogP contribution >= 0.6 is 11.6 Å². The first kappa shape index (κ1) is 13.9. The molecule has 2 rings (SSSR count). The molecular weight excluding hydrogens is 263 g/mol. The number of halogens is 2. The Balaban J connectivity index is 2.46. The van der Waals surface area contributed by atoms with Crippen molar-refractivity contribution in [3.63, 3.8) is 0 Å². The molecule has 2 aromatic rings. The second kappa shape index (κ2) is 5.62. The van der Waals surface area contributed by atoms with Gasteiger partial charge in [0.25, 0.3) is 0 Å². The second-order valence-corrected chi connectivity index (χ2v) is 5.03. The molecule has 100 valence electrons. The molecule has 0 spiro atoms. The van der Waals surface area contributed by atoms with Gasteiger partial charge >= 0.3 is 0 Å². The van der Waals surface area contributed by atoms with Crippen molar-refractivity contribution < 1.29 is 9.13 Å². The number of hydrogen-bond acceptors (Lipinski definition) is 1. The average molecular weight is 279 g/mol. The van der Waals surface area contributed by atoms with Crippen LogP contribution < -0.4 is 4.74 Å². The Morgan fingerprint density at radius 2 is 1.74 bits per heavy atom. The summed E-state index contributed by atoms with van der Waals surface area (Å²) in [6.45, 7) is 3.75. The minimum atomic E-state index is -0.310. The SMILES string of the molecule is COc1cccc(C(Cl)c2c(C)cc(F)cc2C)c1. The van der Waals surface area contributed by atoms with E-state index in [4.69, 9.17) is 16.3 Å². The van der Waals surface area contributed by atoms with Crippen molar-refractivity contribution in [2.75, 3.05) is 7.11 Å². The van der Waals surface area contributed by atoms with Crippen LogP contribution in [0.4, 0.5) is 4.39 Å². The molecule has 0 aliphatic heterocycles. The Morgan fingerprint density at radius 1 is 1.11 bits per heavy atom. The number of aryl methyl sites for hydroxylation is 2. The molecule has 19 heavy (non-hydrogen) atoms. The fourth-order valence-electron chi connectivity index (χ4n) is 2.29. The zero-order chi connectivity index (χ0) is 14.0. The van der Waals surface area contributed by atoms with Gasteiger partial charge in [0.15, 0.2) is 0 Å². The lowest BCUT2D eigenvalue weighted by Gasteiger charge is -2.17. The van der Waals surface area contributed by atoms with Gasteiger partial charge in [0, 0.05) is 0 Å². The van der Waals surface area contributed by atoms with E-state index in [1.165, 1.54) is 12.1 Å². The van der Waals surface area contributed by atoms with Gasteiger partial charge < -0.3 is 4.74 Å². The monoisotopic (exact) mass is 278 g/mol. The maximum absolute atomic E-state index is 13.3. The maximum Gasteiger partial charge on any atom is 0.123 e. The third kappa shape index (κ3) is 2.90. The predicted octanol–water partition coefficient (Wildman–Crippen LogP) is 4.78. The van der Waals surface area contributed by atoms with Crippen molar-refractivity contribution in [3.8, 4) is 5.75 Å². The van der Waals surface area contributed by atoms with Crippen molar-refractivity contribution in [1.29, 1.82) is 0 Å². The molecule has 3 heteroatoms. The molecule has 1 unspecified atom stereocenters. The summed E-state index contributed by atoms with van der Waals surface area (Å²) >= 11 is 6.55. The summed E-state index contributed by atoms with van der Waals surface area (Å²) in [5.74, 6) is 0.536. The highest BCUT2D eigenvalue weighted by Crippen LogP contribution is 2.35. The Morgan fingerprint density at radius 3 is 2.32 bits per heavy atom. The van der Waals surface area contributed by atoms with Crippen molar-refractivity contribution in [2.45, 2.75) is 19.2 Å². The largest absolute Gasteiger partial charge is 0.497 e. The van der Waals surface area contributed by atoms with E-state index >= 15 is 0 Å². The number of alkyl halides is 1. The lowest BCUT2D eigenvalue weighted by molar-refractivity contribution is 0.414. The first-order valence-corrected chi connectivity index (χ1v) is 6.51. The topological polar surface area (TPSA) is 9.23 Å². The predicted molar refractivity (Wildman–Crippen MR) is 76.6 cm³/mol. The van der Waals surface area contributed by atoms with Gasteiger partial charge in [0.2, 0.25) is 0 Å². The quantitative estimate of drug-likeness (QED) is 0.734. The fraction of sp³-hybridized carbons (Fsp3) is 0.250. The van der Waals surface area contributed by atoms with Crippen molar-refractivity contribution in [3.05, 3.63) is 64.5 Å². The summed E-state index contributed by atoms with van der Waals surface area (Å²) in [7, 11) is 1.62. The molecule has 0 amide bonds. The van der Waals surface area contributed by atoms with Crippen molar-refractivity contribution in [2.24, 2.45) is 0 Å². The van der Waals surface area contributed by atoms with Gasteiger partial charge in [-0.1, -0.05) is 12.1 Å². The van der Waals surface area contributed by atoms with Gasteiger partial charge in [0.05, 0.1) is 12.5 Å². The van der Waals surface area contributed by atoms with Crippen LogP contribution in [-0.2, 0) is 0 Å². The summed E-state index contributed by atoms with van der Waals surface area (Å²) < 4.78 is 18.5. The molecule has 0 aromatic heterocycles. The van der Waals surface area contributed by atoms with E-state index < -0.39 is 0 Å². The van der Waals surface area contributed by atoms with Crippen LogP contribution in [-0.4, -0.2) is 7.11 Å². The van der Waals surface area contributed by atoms with Crippen molar-refractivity contribution in [1.82, 2.24) is 0 Å².